The lowest BCUT2D eigenvalue weighted by molar-refractivity contribution is -0.121. The number of ether oxygens (including phenoxy) is 1. The first kappa shape index (κ1) is 25.4. The Morgan fingerprint density at radius 2 is 1.97 bits per heavy atom. The van der Waals surface area contributed by atoms with E-state index in [2.05, 4.69) is 30.0 Å². The van der Waals surface area contributed by atoms with Gasteiger partial charge in [0.15, 0.2) is 0 Å². The molecule has 4 rings (SSSR count). The molecule has 0 aliphatic heterocycles. The van der Waals surface area contributed by atoms with E-state index >= 15 is 0 Å². The van der Waals surface area contributed by atoms with Gasteiger partial charge in [0, 0.05) is 11.8 Å². The zero-order valence-electron chi connectivity index (χ0n) is 20.2. The molecule has 1 aliphatic rings. The average molecular weight is 515 g/mol. The minimum atomic E-state index is -3.56. The van der Waals surface area contributed by atoms with Crippen LogP contribution in [-0.4, -0.2) is 46.1 Å². The highest BCUT2D eigenvalue weighted by atomic mass is 32.2. The van der Waals surface area contributed by atoms with Crippen LogP contribution in [0, 0.1) is 5.82 Å². The number of halogens is 1. The number of aromatic nitrogens is 4. The van der Waals surface area contributed by atoms with E-state index < -0.39 is 32.4 Å². The monoisotopic (exact) mass is 514 g/mol. The molecule has 190 valence electrons. The first-order chi connectivity index (χ1) is 17.2. The van der Waals surface area contributed by atoms with Gasteiger partial charge < -0.3 is 10.1 Å². The molecule has 2 N–H and O–H groups in total. The molecule has 1 atom stereocenters. The molecule has 1 aliphatic carbocycles. The maximum absolute atomic E-state index is 15.0. The molecule has 1 unspecified atom stereocenters. The van der Waals surface area contributed by atoms with Crippen molar-refractivity contribution >= 4 is 27.6 Å². The van der Waals surface area contributed by atoms with Gasteiger partial charge in [0.2, 0.25) is 27.8 Å². The number of nitrogens with one attached hydrogen (secondary N) is 2. The Kier molecular flexibility index (Phi) is 7.16. The number of carbonyl (C=O) groups is 1. The molecule has 12 heteroatoms. The van der Waals surface area contributed by atoms with Crippen LogP contribution in [0.25, 0.3) is 11.3 Å². The Balaban J connectivity index is 1.54. The lowest BCUT2D eigenvalue weighted by atomic mass is 9.82. The molecule has 3 aromatic rings. The van der Waals surface area contributed by atoms with Crippen molar-refractivity contribution in [3.8, 4) is 17.1 Å². The van der Waals surface area contributed by atoms with Gasteiger partial charge in [0.05, 0.1) is 46.7 Å². The van der Waals surface area contributed by atoms with Crippen LogP contribution >= 0.6 is 0 Å². The minimum Gasteiger partial charge on any atom is -0.477 e. The standard InChI is InChI=1S/C24H27FN6O4S/c1-4-24(3,20-10-11-27-23(30-20)31-36(33,34)16-7-8-16)22(32)29-18-9-6-15(12-17(18)25)19-13-26-14-21(28-19)35-5-2/h6,9-14,16H,4-5,7-8H2,1-3H3,(H,29,32)(H,27,30,31). The van der Waals surface area contributed by atoms with Crippen LogP contribution in [0.5, 0.6) is 5.88 Å². The fourth-order valence-corrected chi connectivity index (χ4v) is 4.78. The molecule has 2 heterocycles. The van der Waals surface area contributed by atoms with Gasteiger partial charge in [-0.25, -0.2) is 27.8 Å². The zero-order chi connectivity index (χ0) is 25.9. The van der Waals surface area contributed by atoms with Crippen molar-refractivity contribution < 1.29 is 22.3 Å². The van der Waals surface area contributed by atoms with E-state index in [0.29, 0.717) is 48.7 Å². The molecule has 0 bridgehead atoms. The second-order valence-corrected chi connectivity index (χ2v) is 10.6. The predicted molar refractivity (Wildman–Crippen MR) is 132 cm³/mol. The van der Waals surface area contributed by atoms with Crippen LogP contribution < -0.4 is 14.8 Å². The summed E-state index contributed by atoms with van der Waals surface area (Å²) in [6.45, 7) is 5.70. The molecular formula is C24H27FN6O4S. The summed E-state index contributed by atoms with van der Waals surface area (Å²) in [5.41, 5.74) is 0.0251. The van der Waals surface area contributed by atoms with Gasteiger partial charge in [0.1, 0.15) is 5.82 Å². The summed E-state index contributed by atoms with van der Waals surface area (Å²) in [5, 5.41) is 2.19. The largest absolute Gasteiger partial charge is 0.477 e. The summed E-state index contributed by atoms with van der Waals surface area (Å²) in [7, 11) is -3.56. The topological polar surface area (TPSA) is 136 Å². The molecule has 1 saturated carbocycles. The van der Waals surface area contributed by atoms with Crippen LogP contribution in [0.2, 0.25) is 0 Å². The van der Waals surface area contributed by atoms with Crippen LogP contribution in [0.1, 0.15) is 45.7 Å². The summed E-state index contributed by atoms with van der Waals surface area (Å²) in [6, 6.07) is 5.87. The van der Waals surface area contributed by atoms with E-state index in [9.17, 15) is 17.6 Å². The van der Waals surface area contributed by atoms with Crippen LogP contribution in [0.3, 0.4) is 0 Å². The summed E-state index contributed by atoms with van der Waals surface area (Å²) in [6.07, 6.45) is 5.87. The average Bonchev–Trinajstić information content (AvgIpc) is 3.71. The van der Waals surface area contributed by atoms with E-state index in [1.807, 2.05) is 6.92 Å². The number of hydrogen-bond acceptors (Lipinski definition) is 8. The molecule has 1 amide bonds. The van der Waals surface area contributed by atoms with Crippen LogP contribution in [-0.2, 0) is 20.2 Å². The molecule has 10 nitrogen and oxygen atoms in total. The van der Waals surface area contributed by atoms with Crippen molar-refractivity contribution in [2.45, 2.75) is 50.7 Å². The molecule has 0 radical (unpaired) electrons. The third-order valence-corrected chi connectivity index (χ3v) is 7.86. The van der Waals surface area contributed by atoms with E-state index in [1.54, 1.807) is 26.0 Å². The lowest BCUT2D eigenvalue weighted by Crippen LogP contribution is -2.38. The fourth-order valence-electron chi connectivity index (χ4n) is 3.50. The van der Waals surface area contributed by atoms with E-state index in [-0.39, 0.29) is 11.6 Å². The third kappa shape index (κ3) is 5.43. The first-order valence-corrected chi connectivity index (χ1v) is 13.1. The maximum atomic E-state index is 15.0. The molecule has 36 heavy (non-hydrogen) atoms. The second-order valence-electron chi connectivity index (χ2n) is 8.62. The van der Waals surface area contributed by atoms with Gasteiger partial charge >= 0.3 is 0 Å². The van der Waals surface area contributed by atoms with Gasteiger partial charge in [-0.15, -0.1) is 0 Å². The first-order valence-electron chi connectivity index (χ1n) is 11.6. The van der Waals surface area contributed by atoms with Crippen LogP contribution in [0.15, 0.2) is 42.9 Å². The number of sulfonamides is 1. The van der Waals surface area contributed by atoms with Crippen molar-refractivity contribution in [2.75, 3.05) is 16.6 Å². The van der Waals surface area contributed by atoms with Crippen LogP contribution in [0.4, 0.5) is 16.0 Å². The smallest absolute Gasteiger partial charge is 0.237 e. The van der Waals surface area contributed by atoms with Crippen molar-refractivity contribution in [3.63, 3.8) is 0 Å². The molecule has 1 aromatic carbocycles. The zero-order valence-corrected chi connectivity index (χ0v) is 21.0. The van der Waals surface area contributed by atoms with Crippen molar-refractivity contribution in [1.82, 2.24) is 19.9 Å². The van der Waals surface area contributed by atoms with Crippen molar-refractivity contribution in [2.24, 2.45) is 0 Å². The van der Waals surface area contributed by atoms with E-state index in [1.165, 1.54) is 30.7 Å². The highest BCUT2D eigenvalue weighted by Gasteiger charge is 2.38. The van der Waals surface area contributed by atoms with Gasteiger partial charge in [-0.05, 0) is 51.3 Å². The van der Waals surface area contributed by atoms with E-state index in [4.69, 9.17) is 4.74 Å². The highest BCUT2D eigenvalue weighted by Crippen LogP contribution is 2.32. The third-order valence-electron chi connectivity index (χ3n) is 6.04. The van der Waals surface area contributed by atoms with Gasteiger partial charge in [-0.3, -0.25) is 14.5 Å². The lowest BCUT2D eigenvalue weighted by Gasteiger charge is -2.27. The van der Waals surface area contributed by atoms with Gasteiger partial charge in [0.25, 0.3) is 0 Å². The molecule has 0 saturated heterocycles. The quantitative estimate of drug-likeness (QED) is 0.418. The summed E-state index contributed by atoms with van der Waals surface area (Å²) < 4.78 is 47.2. The van der Waals surface area contributed by atoms with Gasteiger partial charge in [-0.1, -0.05) is 13.0 Å². The normalized spacial score (nSPS) is 15.1. The Morgan fingerprint density at radius 1 is 1.19 bits per heavy atom. The molecule has 1 fully saturated rings. The fraction of sp³-hybridized carbons (Fsp3) is 0.375. The summed E-state index contributed by atoms with van der Waals surface area (Å²) >= 11 is 0. The number of anilines is 2. The number of hydrogen-bond donors (Lipinski definition) is 2. The SMILES string of the molecule is CCOc1cncc(-c2ccc(NC(=O)C(C)(CC)c3ccnc(NS(=O)(=O)C4CC4)n3)c(F)c2)n1. The summed E-state index contributed by atoms with van der Waals surface area (Å²) in [4.78, 5) is 29.9. The van der Waals surface area contributed by atoms with Crippen molar-refractivity contribution in [3.05, 3.63) is 54.4 Å². The second kappa shape index (κ2) is 10.1. The Hall–Kier alpha value is -3.67. The number of rotatable bonds is 10. The van der Waals surface area contributed by atoms with E-state index in [0.717, 1.165) is 0 Å². The number of carbonyl (C=O) groups excluding carboxylic acids is 1. The molecule has 2 aromatic heterocycles. The Labute approximate surface area is 208 Å². The Bertz CT molecular complexity index is 1380. The molecular weight excluding hydrogens is 487 g/mol. The number of benzene rings is 1. The maximum Gasteiger partial charge on any atom is 0.237 e. The minimum absolute atomic E-state index is 0.0129. The predicted octanol–water partition coefficient (Wildman–Crippen LogP) is 3.68. The van der Waals surface area contributed by atoms with Crippen molar-refractivity contribution in [1.29, 1.82) is 0 Å². The van der Waals surface area contributed by atoms with Gasteiger partial charge in [-0.2, -0.15) is 0 Å². The highest BCUT2D eigenvalue weighted by molar-refractivity contribution is 7.93. The Morgan fingerprint density at radius 3 is 2.64 bits per heavy atom. The number of nitrogens with zero attached hydrogens (tertiary/aromatic N) is 4. The molecule has 0 spiro atoms. The summed E-state index contributed by atoms with van der Waals surface area (Å²) in [5.74, 6) is -0.916. The number of amides is 1.